The average molecular weight is 428 g/mol. The molecular formula is C24H17N3OS2. The molecule has 1 N–H and O–H groups in total. The van der Waals surface area contributed by atoms with Crippen LogP contribution in [0.5, 0.6) is 0 Å². The zero-order valence-electron chi connectivity index (χ0n) is 15.9. The van der Waals surface area contributed by atoms with Crippen molar-refractivity contribution in [2.45, 2.75) is 4.34 Å². The number of hydrogen-bond donors (Lipinski definition) is 1. The second-order valence-electron chi connectivity index (χ2n) is 6.76. The highest BCUT2D eigenvalue weighted by Gasteiger charge is 2.08. The Labute approximate surface area is 181 Å². The largest absolute Gasteiger partial charge is 0.272 e. The first-order chi connectivity index (χ1) is 14.8. The van der Waals surface area contributed by atoms with E-state index in [1.807, 2.05) is 48.5 Å². The third-order valence-corrected chi connectivity index (χ3v) is 6.98. The minimum atomic E-state index is -0.153. The van der Waals surface area contributed by atoms with Crippen molar-refractivity contribution in [3.8, 4) is 0 Å². The van der Waals surface area contributed by atoms with Crippen molar-refractivity contribution in [3.63, 3.8) is 0 Å². The second-order valence-corrected chi connectivity index (χ2v) is 9.01. The van der Waals surface area contributed by atoms with Gasteiger partial charge >= 0.3 is 0 Å². The predicted octanol–water partition coefficient (Wildman–Crippen LogP) is 5.85. The Balaban J connectivity index is 1.32. The summed E-state index contributed by atoms with van der Waals surface area (Å²) >= 11 is 3.02. The molecular weight excluding hydrogens is 410 g/mol. The van der Waals surface area contributed by atoms with Crippen LogP contribution in [0.4, 0.5) is 0 Å². The number of para-hydroxylation sites is 1. The Morgan fingerprint density at radius 3 is 2.37 bits per heavy atom. The Bertz CT molecular complexity index is 1320. The van der Waals surface area contributed by atoms with E-state index in [4.69, 9.17) is 0 Å². The number of fused-ring (bicyclic) bond motifs is 3. The number of carbonyl (C=O) groups excluding carboxylic acids is 1. The summed E-state index contributed by atoms with van der Waals surface area (Å²) in [6.45, 7) is 0. The normalized spacial score (nSPS) is 11.6. The molecule has 0 saturated heterocycles. The van der Waals surface area contributed by atoms with Gasteiger partial charge in [0.25, 0.3) is 5.91 Å². The molecule has 6 heteroatoms. The molecule has 0 unspecified atom stereocenters. The zero-order valence-corrected chi connectivity index (χ0v) is 17.5. The lowest BCUT2D eigenvalue weighted by molar-refractivity contribution is -0.118. The molecule has 146 valence electrons. The molecule has 4 nitrogen and oxygen atoms in total. The van der Waals surface area contributed by atoms with Crippen LogP contribution in [-0.4, -0.2) is 22.9 Å². The lowest BCUT2D eigenvalue weighted by atomic mass is 9.97. The third kappa shape index (κ3) is 3.79. The van der Waals surface area contributed by atoms with Gasteiger partial charge in [-0.05, 0) is 39.7 Å². The molecule has 30 heavy (non-hydrogen) atoms. The van der Waals surface area contributed by atoms with Crippen LogP contribution in [-0.2, 0) is 4.79 Å². The van der Waals surface area contributed by atoms with E-state index in [1.165, 1.54) is 11.8 Å². The van der Waals surface area contributed by atoms with E-state index in [9.17, 15) is 4.79 Å². The highest BCUT2D eigenvalue weighted by atomic mass is 32.2. The van der Waals surface area contributed by atoms with E-state index in [0.717, 1.165) is 41.7 Å². The summed E-state index contributed by atoms with van der Waals surface area (Å²) in [5, 5.41) is 8.76. The Morgan fingerprint density at radius 1 is 0.967 bits per heavy atom. The SMILES string of the molecule is O=C(CSc1nc2ccccc2s1)N/N=C\c1c2ccccc2cc2ccccc12. The molecule has 0 aliphatic heterocycles. The number of thioether (sulfide) groups is 1. The highest BCUT2D eigenvalue weighted by Crippen LogP contribution is 2.29. The Kier molecular flexibility index (Phi) is 5.17. The van der Waals surface area contributed by atoms with Crippen LogP contribution in [0.3, 0.4) is 0 Å². The van der Waals surface area contributed by atoms with Gasteiger partial charge < -0.3 is 0 Å². The number of amides is 1. The Morgan fingerprint density at radius 2 is 1.63 bits per heavy atom. The summed E-state index contributed by atoms with van der Waals surface area (Å²) in [6.07, 6.45) is 1.74. The molecule has 0 aliphatic rings. The van der Waals surface area contributed by atoms with E-state index in [1.54, 1.807) is 17.6 Å². The first-order valence-corrected chi connectivity index (χ1v) is 11.3. The highest BCUT2D eigenvalue weighted by molar-refractivity contribution is 8.01. The van der Waals surface area contributed by atoms with Crippen LogP contribution in [0.15, 0.2) is 88.3 Å². The summed E-state index contributed by atoms with van der Waals surface area (Å²) in [5.74, 6) is 0.119. The topological polar surface area (TPSA) is 54.4 Å². The molecule has 0 atom stereocenters. The molecule has 0 bridgehead atoms. The van der Waals surface area contributed by atoms with Crippen LogP contribution in [0, 0.1) is 0 Å². The van der Waals surface area contributed by atoms with E-state index in [2.05, 4.69) is 45.8 Å². The van der Waals surface area contributed by atoms with Crippen LogP contribution < -0.4 is 5.43 Å². The van der Waals surface area contributed by atoms with Gasteiger partial charge in [0.05, 0.1) is 22.2 Å². The van der Waals surface area contributed by atoms with Crippen LogP contribution in [0.1, 0.15) is 5.56 Å². The first kappa shape index (κ1) is 18.8. The Hall–Kier alpha value is -3.22. The number of benzene rings is 4. The molecule has 1 aromatic heterocycles. The van der Waals surface area contributed by atoms with Gasteiger partial charge in [-0.3, -0.25) is 4.79 Å². The van der Waals surface area contributed by atoms with Gasteiger partial charge in [-0.25, -0.2) is 10.4 Å². The summed E-state index contributed by atoms with van der Waals surface area (Å²) < 4.78 is 2.01. The van der Waals surface area contributed by atoms with Gasteiger partial charge in [-0.15, -0.1) is 11.3 Å². The fraction of sp³-hybridized carbons (Fsp3) is 0.0417. The maximum Gasteiger partial charge on any atom is 0.250 e. The van der Waals surface area contributed by atoms with Crippen molar-refractivity contribution in [3.05, 3.63) is 84.4 Å². The van der Waals surface area contributed by atoms with Gasteiger partial charge in [0.15, 0.2) is 4.34 Å². The number of hydrazone groups is 1. The summed E-state index contributed by atoms with van der Waals surface area (Å²) in [7, 11) is 0. The number of nitrogens with zero attached hydrogens (tertiary/aromatic N) is 2. The van der Waals surface area contributed by atoms with Crippen molar-refractivity contribution >= 4 is 67.0 Å². The number of hydrogen-bond acceptors (Lipinski definition) is 5. The number of aromatic nitrogens is 1. The van der Waals surface area contributed by atoms with Crippen LogP contribution in [0.2, 0.25) is 0 Å². The quantitative estimate of drug-likeness (QED) is 0.166. The molecule has 1 amide bonds. The zero-order chi connectivity index (χ0) is 20.3. The standard InChI is InChI=1S/C24H17N3OS2/c28-23(15-29-24-26-21-11-5-6-12-22(21)30-24)27-25-14-20-18-9-3-1-7-16(18)13-17-8-2-4-10-19(17)20/h1-14H,15H2,(H,27,28)/b25-14-. The van der Waals surface area contributed by atoms with Crippen molar-refractivity contribution in [2.75, 3.05) is 5.75 Å². The molecule has 5 aromatic rings. The lowest BCUT2D eigenvalue weighted by Crippen LogP contribution is -2.19. The van der Waals surface area contributed by atoms with Crippen molar-refractivity contribution in [1.29, 1.82) is 0 Å². The van der Waals surface area contributed by atoms with Gasteiger partial charge in [0, 0.05) is 5.56 Å². The molecule has 0 saturated carbocycles. The molecule has 1 heterocycles. The van der Waals surface area contributed by atoms with E-state index in [0.29, 0.717) is 0 Å². The average Bonchev–Trinajstić information content (AvgIpc) is 3.20. The maximum atomic E-state index is 12.3. The summed E-state index contributed by atoms with van der Waals surface area (Å²) in [4.78, 5) is 16.8. The number of carbonyl (C=O) groups is 1. The third-order valence-electron chi connectivity index (χ3n) is 4.80. The smallest absolute Gasteiger partial charge is 0.250 e. The van der Waals surface area contributed by atoms with E-state index >= 15 is 0 Å². The molecule has 0 fully saturated rings. The minimum Gasteiger partial charge on any atom is -0.272 e. The van der Waals surface area contributed by atoms with Crippen LogP contribution in [0.25, 0.3) is 31.8 Å². The fourth-order valence-electron chi connectivity index (χ4n) is 3.43. The van der Waals surface area contributed by atoms with Gasteiger partial charge in [0.1, 0.15) is 0 Å². The maximum absolute atomic E-state index is 12.3. The van der Waals surface area contributed by atoms with Gasteiger partial charge in [-0.2, -0.15) is 5.10 Å². The van der Waals surface area contributed by atoms with Crippen molar-refractivity contribution < 1.29 is 4.79 Å². The minimum absolute atomic E-state index is 0.153. The molecule has 0 spiro atoms. The molecule has 4 aromatic carbocycles. The monoisotopic (exact) mass is 427 g/mol. The van der Waals surface area contributed by atoms with Crippen molar-refractivity contribution in [2.24, 2.45) is 5.10 Å². The first-order valence-electron chi connectivity index (χ1n) is 9.49. The lowest BCUT2D eigenvalue weighted by Gasteiger charge is -2.07. The fourth-order valence-corrected chi connectivity index (χ4v) is 5.29. The molecule has 0 aliphatic carbocycles. The predicted molar refractivity (Wildman–Crippen MR) is 128 cm³/mol. The number of rotatable bonds is 5. The van der Waals surface area contributed by atoms with Crippen molar-refractivity contribution in [1.82, 2.24) is 10.4 Å². The number of thiazole rings is 1. The number of nitrogens with one attached hydrogen (secondary N) is 1. The summed E-state index contributed by atoms with van der Waals surface area (Å²) in [5.41, 5.74) is 4.62. The second kappa shape index (κ2) is 8.26. The van der Waals surface area contributed by atoms with Crippen LogP contribution >= 0.6 is 23.1 Å². The summed E-state index contributed by atoms with van der Waals surface area (Å²) in [6, 6.07) is 26.6. The van der Waals surface area contributed by atoms with E-state index in [-0.39, 0.29) is 11.7 Å². The van der Waals surface area contributed by atoms with Gasteiger partial charge in [-0.1, -0.05) is 72.4 Å². The van der Waals surface area contributed by atoms with E-state index < -0.39 is 0 Å². The van der Waals surface area contributed by atoms with Gasteiger partial charge in [0.2, 0.25) is 0 Å². The molecule has 5 rings (SSSR count). The molecule has 0 radical (unpaired) electrons.